The summed E-state index contributed by atoms with van der Waals surface area (Å²) < 4.78 is 4.57. The van der Waals surface area contributed by atoms with Crippen molar-refractivity contribution in [2.45, 2.75) is 0 Å². The minimum atomic E-state index is 0.934. The van der Waals surface area contributed by atoms with Gasteiger partial charge in [-0.2, -0.15) is 0 Å². The number of rotatable bonds is 3. The number of hydrogen-bond donors (Lipinski definition) is 0. The van der Waals surface area contributed by atoms with Gasteiger partial charge in [-0.15, -0.1) is 0 Å². The molecule has 8 rings (SSSR count). The van der Waals surface area contributed by atoms with Crippen molar-refractivity contribution in [1.29, 1.82) is 0 Å². The van der Waals surface area contributed by atoms with Crippen LogP contribution in [0.4, 0.5) is 0 Å². The van der Waals surface area contributed by atoms with E-state index in [0.29, 0.717) is 0 Å². The minimum Gasteiger partial charge on any atom is -0.306 e. The van der Waals surface area contributed by atoms with Gasteiger partial charge >= 0.3 is 0 Å². The fourth-order valence-electron chi connectivity index (χ4n) is 5.68. The summed E-state index contributed by atoms with van der Waals surface area (Å²) >= 11 is 0. The summed E-state index contributed by atoms with van der Waals surface area (Å²) in [5.41, 5.74) is 11.0. The lowest BCUT2D eigenvalue weighted by atomic mass is 10.0. The van der Waals surface area contributed by atoms with Crippen LogP contribution in [0.15, 0.2) is 134 Å². The topological polar surface area (TPSA) is 35.1 Å². The van der Waals surface area contributed by atoms with E-state index in [1.165, 1.54) is 16.5 Å². The molecule has 178 valence electrons. The van der Waals surface area contributed by atoms with Gasteiger partial charge in [0.2, 0.25) is 0 Å². The third-order valence-corrected chi connectivity index (χ3v) is 7.37. The predicted octanol–water partition coefficient (Wildman–Crippen LogP) is 8.31. The fraction of sp³-hybridized carbons (Fsp3) is 0. The summed E-state index contributed by atoms with van der Waals surface area (Å²) in [6.45, 7) is 0. The molecule has 0 aliphatic heterocycles. The second-order valence-corrected chi connectivity index (χ2v) is 9.53. The first kappa shape index (κ1) is 20.9. The molecule has 0 spiro atoms. The molecule has 0 atom stereocenters. The van der Waals surface area contributed by atoms with Crippen molar-refractivity contribution in [3.05, 3.63) is 134 Å². The quantitative estimate of drug-likeness (QED) is 0.252. The van der Waals surface area contributed by atoms with Crippen LogP contribution in [0.2, 0.25) is 0 Å². The van der Waals surface area contributed by atoms with Gasteiger partial charge in [0.15, 0.2) is 0 Å². The molecule has 3 heterocycles. The van der Waals surface area contributed by atoms with Crippen LogP contribution in [0.5, 0.6) is 0 Å². The molecule has 4 heteroatoms. The summed E-state index contributed by atoms with van der Waals surface area (Å²) in [7, 11) is 0. The Labute approximate surface area is 219 Å². The van der Waals surface area contributed by atoms with Crippen molar-refractivity contribution in [2.75, 3.05) is 0 Å². The van der Waals surface area contributed by atoms with Gasteiger partial charge in [-0.05, 0) is 48.0 Å². The molecule has 0 N–H and O–H groups in total. The number of imidazole rings is 1. The molecular formula is C34H22N4. The first-order chi connectivity index (χ1) is 18.9. The molecule has 38 heavy (non-hydrogen) atoms. The number of fused-ring (bicyclic) bond motifs is 6. The fourth-order valence-corrected chi connectivity index (χ4v) is 5.68. The van der Waals surface area contributed by atoms with E-state index >= 15 is 0 Å². The van der Waals surface area contributed by atoms with Gasteiger partial charge in [-0.3, -0.25) is 9.55 Å². The Morgan fingerprint density at radius 2 is 1.11 bits per heavy atom. The number of hydrogen-bond acceptors (Lipinski definition) is 2. The van der Waals surface area contributed by atoms with Gasteiger partial charge in [0.1, 0.15) is 5.82 Å². The van der Waals surface area contributed by atoms with Crippen molar-refractivity contribution in [2.24, 2.45) is 0 Å². The molecular weight excluding hydrogens is 464 g/mol. The summed E-state index contributed by atoms with van der Waals surface area (Å²) in [6, 6.07) is 44.5. The zero-order valence-electron chi connectivity index (χ0n) is 20.5. The predicted molar refractivity (Wildman–Crippen MR) is 156 cm³/mol. The van der Waals surface area contributed by atoms with Crippen LogP contribution in [0.1, 0.15) is 0 Å². The van der Waals surface area contributed by atoms with Crippen molar-refractivity contribution >= 4 is 38.5 Å². The molecule has 0 aliphatic rings. The maximum Gasteiger partial charge on any atom is 0.145 e. The molecule has 0 bridgehead atoms. The average Bonchev–Trinajstić information content (AvgIpc) is 3.54. The maximum absolute atomic E-state index is 5.03. The third kappa shape index (κ3) is 3.04. The molecule has 3 aromatic heterocycles. The van der Waals surface area contributed by atoms with Crippen LogP contribution in [0, 0.1) is 0 Å². The largest absolute Gasteiger partial charge is 0.306 e. The van der Waals surface area contributed by atoms with E-state index in [4.69, 9.17) is 9.97 Å². The number of nitrogens with zero attached hydrogens (tertiary/aromatic N) is 4. The van der Waals surface area contributed by atoms with Gasteiger partial charge in [0, 0.05) is 22.2 Å². The molecule has 0 amide bonds. The zero-order valence-corrected chi connectivity index (χ0v) is 20.5. The number of benzene rings is 5. The summed E-state index contributed by atoms with van der Waals surface area (Å²) in [6.07, 6.45) is 2.00. The van der Waals surface area contributed by atoms with E-state index in [1.54, 1.807) is 0 Å². The van der Waals surface area contributed by atoms with Crippen molar-refractivity contribution < 1.29 is 0 Å². The highest BCUT2D eigenvalue weighted by Gasteiger charge is 2.17. The van der Waals surface area contributed by atoms with Crippen molar-refractivity contribution in [3.8, 4) is 28.2 Å². The highest BCUT2D eigenvalue weighted by atomic mass is 15.1. The lowest BCUT2D eigenvalue weighted by Gasteiger charge is -2.10. The molecule has 0 radical (unpaired) electrons. The van der Waals surface area contributed by atoms with Crippen LogP contribution in [0.25, 0.3) is 66.7 Å². The van der Waals surface area contributed by atoms with E-state index in [2.05, 4.69) is 118 Å². The Kier molecular flexibility index (Phi) is 4.49. The minimum absolute atomic E-state index is 0.934. The molecule has 0 fully saturated rings. The van der Waals surface area contributed by atoms with Gasteiger partial charge in [-0.1, -0.05) is 84.9 Å². The van der Waals surface area contributed by atoms with Gasteiger partial charge in [-0.25, -0.2) is 4.98 Å². The van der Waals surface area contributed by atoms with E-state index in [1.807, 2.05) is 24.4 Å². The Bertz CT molecular complexity index is 2120. The van der Waals surface area contributed by atoms with Gasteiger partial charge in [0.25, 0.3) is 0 Å². The molecule has 0 aliphatic carbocycles. The van der Waals surface area contributed by atoms with Crippen LogP contribution in [-0.2, 0) is 0 Å². The first-order valence-electron chi connectivity index (χ1n) is 12.8. The SMILES string of the molecule is c1ccc(-n2c(-c3ccc(-c4c5ccccc5n5c4cnc4ccccc45)cc3)nc3ccccc32)cc1. The van der Waals surface area contributed by atoms with Crippen LogP contribution in [-0.4, -0.2) is 18.9 Å². The van der Waals surface area contributed by atoms with Crippen molar-refractivity contribution in [1.82, 2.24) is 18.9 Å². The van der Waals surface area contributed by atoms with Gasteiger partial charge in [0.05, 0.1) is 39.3 Å². The molecule has 0 saturated heterocycles. The average molecular weight is 487 g/mol. The van der Waals surface area contributed by atoms with E-state index < -0.39 is 0 Å². The molecule has 0 unspecified atom stereocenters. The summed E-state index contributed by atoms with van der Waals surface area (Å²) in [5, 5.41) is 1.22. The van der Waals surface area contributed by atoms with Crippen LogP contribution < -0.4 is 0 Å². The van der Waals surface area contributed by atoms with E-state index in [0.717, 1.165) is 50.2 Å². The highest BCUT2D eigenvalue weighted by molar-refractivity contribution is 6.08. The first-order valence-corrected chi connectivity index (χ1v) is 12.8. The summed E-state index contributed by atoms with van der Waals surface area (Å²) in [4.78, 5) is 9.83. The normalized spacial score (nSPS) is 11.7. The molecule has 4 nitrogen and oxygen atoms in total. The Hall–Kier alpha value is -5.22. The smallest absolute Gasteiger partial charge is 0.145 e. The second-order valence-electron chi connectivity index (χ2n) is 9.53. The van der Waals surface area contributed by atoms with Gasteiger partial charge < -0.3 is 4.40 Å². The third-order valence-electron chi connectivity index (χ3n) is 7.37. The molecule has 5 aromatic carbocycles. The lowest BCUT2D eigenvalue weighted by Crippen LogP contribution is -1.97. The monoisotopic (exact) mass is 486 g/mol. The van der Waals surface area contributed by atoms with Crippen molar-refractivity contribution in [3.63, 3.8) is 0 Å². The lowest BCUT2D eigenvalue weighted by molar-refractivity contribution is 1.10. The molecule has 0 saturated carbocycles. The Morgan fingerprint density at radius 3 is 1.92 bits per heavy atom. The summed E-state index contributed by atoms with van der Waals surface area (Å²) in [5.74, 6) is 0.934. The zero-order chi connectivity index (χ0) is 25.1. The second kappa shape index (κ2) is 8.15. The van der Waals surface area contributed by atoms with Crippen LogP contribution in [0.3, 0.4) is 0 Å². The highest BCUT2D eigenvalue weighted by Crippen LogP contribution is 2.38. The Morgan fingerprint density at radius 1 is 0.474 bits per heavy atom. The van der Waals surface area contributed by atoms with Crippen LogP contribution >= 0.6 is 0 Å². The molecule has 8 aromatic rings. The number of aromatic nitrogens is 4. The Balaban J connectivity index is 1.34. The number of para-hydroxylation sites is 6. The maximum atomic E-state index is 5.03. The van der Waals surface area contributed by atoms with E-state index in [-0.39, 0.29) is 0 Å². The standard InChI is InChI=1S/C34H22N4/c1-2-10-25(11-3-1)37-31-17-9-6-14-28(31)36-34(37)24-20-18-23(19-21-24)33-26-12-4-7-15-29(26)38-30-16-8-5-13-27(30)35-22-32(33)38/h1-22H. The van der Waals surface area contributed by atoms with E-state index in [9.17, 15) is 0 Å².